The summed E-state index contributed by atoms with van der Waals surface area (Å²) >= 11 is 4.31. The first kappa shape index (κ1) is 20.6. The number of carbonyl (C=O) groups is 2. The molecule has 1 aliphatic rings. The molecule has 2 amide bonds. The molecule has 2 heterocycles. The highest BCUT2D eigenvalue weighted by molar-refractivity contribution is 9.10. The van der Waals surface area contributed by atoms with Gasteiger partial charge in [0, 0.05) is 15.9 Å². The Labute approximate surface area is 186 Å². The van der Waals surface area contributed by atoms with Gasteiger partial charge in [0.05, 0.1) is 17.1 Å². The first-order valence-electron chi connectivity index (χ1n) is 9.29. The molecule has 0 atom stereocenters. The number of thioether (sulfide) groups is 1. The van der Waals surface area contributed by atoms with Gasteiger partial charge in [-0.15, -0.1) is 0 Å². The fraction of sp³-hybridized carbons (Fsp3) is 0.130. The number of hydrogen-bond donors (Lipinski definition) is 0. The molecule has 3 aromatic rings. The Hall–Kier alpha value is -2.64. The number of rotatable bonds is 4. The van der Waals surface area contributed by atoms with Crippen LogP contribution < -0.4 is 0 Å². The highest BCUT2D eigenvalue weighted by Crippen LogP contribution is 2.35. The third kappa shape index (κ3) is 3.87. The largest absolute Gasteiger partial charge is 0.315 e. The topological polar surface area (TPSA) is 42.3 Å². The summed E-state index contributed by atoms with van der Waals surface area (Å²) < 4.78 is 17.0. The third-order valence-electron chi connectivity index (χ3n) is 4.98. The van der Waals surface area contributed by atoms with E-state index in [-0.39, 0.29) is 23.5 Å². The Morgan fingerprint density at radius 1 is 1.07 bits per heavy atom. The summed E-state index contributed by atoms with van der Waals surface area (Å²) in [7, 11) is 0. The van der Waals surface area contributed by atoms with E-state index in [9.17, 15) is 14.0 Å². The second-order valence-electron chi connectivity index (χ2n) is 7.01. The molecule has 152 valence electrons. The van der Waals surface area contributed by atoms with Crippen molar-refractivity contribution in [2.45, 2.75) is 20.4 Å². The molecule has 0 saturated carbocycles. The monoisotopic (exact) mass is 484 g/mol. The first-order chi connectivity index (χ1) is 14.3. The number of carbonyl (C=O) groups excluding carboxylic acids is 2. The van der Waals surface area contributed by atoms with Crippen molar-refractivity contribution in [1.82, 2.24) is 9.47 Å². The van der Waals surface area contributed by atoms with Crippen LogP contribution in [0.3, 0.4) is 0 Å². The van der Waals surface area contributed by atoms with E-state index in [0.717, 1.165) is 38.7 Å². The van der Waals surface area contributed by atoms with Crippen molar-refractivity contribution < 1.29 is 14.0 Å². The molecule has 4 nitrogen and oxygen atoms in total. The maximum absolute atomic E-state index is 14.3. The SMILES string of the molecule is Cc1cc(/C=C2\SC(=O)N(Cc3ccc(Br)cc3)C2=O)c(C)n1-c1ccccc1F. The second-order valence-corrected chi connectivity index (χ2v) is 8.92. The third-order valence-corrected chi connectivity index (χ3v) is 6.41. The lowest BCUT2D eigenvalue weighted by atomic mass is 10.2. The summed E-state index contributed by atoms with van der Waals surface area (Å²) in [5, 5.41) is -0.294. The molecule has 7 heteroatoms. The van der Waals surface area contributed by atoms with E-state index in [4.69, 9.17) is 0 Å². The number of hydrogen-bond acceptors (Lipinski definition) is 3. The van der Waals surface area contributed by atoms with Gasteiger partial charge in [0.15, 0.2) is 0 Å². The van der Waals surface area contributed by atoms with E-state index in [1.165, 1.54) is 11.0 Å². The van der Waals surface area contributed by atoms with Crippen LogP contribution in [0.4, 0.5) is 9.18 Å². The van der Waals surface area contributed by atoms with Crippen LogP contribution in [0.15, 0.2) is 64.0 Å². The van der Waals surface area contributed by atoms with Crippen molar-refractivity contribution in [1.29, 1.82) is 0 Å². The van der Waals surface area contributed by atoms with Gasteiger partial charge in [0.1, 0.15) is 5.82 Å². The molecule has 0 bridgehead atoms. The first-order valence-corrected chi connectivity index (χ1v) is 10.9. The molecule has 0 radical (unpaired) electrons. The van der Waals surface area contributed by atoms with E-state index in [1.807, 2.05) is 48.7 Å². The normalized spacial score (nSPS) is 15.5. The minimum absolute atomic E-state index is 0.226. The zero-order valence-corrected chi connectivity index (χ0v) is 18.8. The molecule has 1 saturated heterocycles. The molecule has 0 spiro atoms. The fourth-order valence-corrected chi connectivity index (χ4v) is 4.58. The van der Waals surface area contributed by atoms with Crippen LogP contribution in [0.2, 0.25) is 0 Å². The van der Waals surface area contributed by atoms with Gasteiger partial charge >= 0.3 is 0 Å². The van der Waals surface area contributed by atoms with Gasteiger partial charge in [0.2, 0.25) is 0 Å². The van der Waals surface area contributed by atoms with E-state index in [0.29, 0.717) is 10.6 Å². The molecule has 1 aromatic heterocycles. The number of para-hydroxylation sites is 1. The van der Waals surface area contributed by atoms with Crippen LogP contribution in [-0.4, -0.2) is 20.6 Å². The summed E-state index contributed by atoms with van der Waals surface area (Å²) in [6.07, 6.45) is 1.71. The molecule has 30 heavy (non-hydrogen) atoms. The number of benzene rings is 2. The van der Waals surface area contributed by atoms with E-state index < -0.39 is 0 Å². The maximum Gasteiger partial charge on any atom is 0.293 e. The molecule has 4 rings (SSSR count). The van der Waals surface area contributed by atoms with E-state index in [1.54, 1.807) is 24.3 Å². The molecule has 0 unspecified atom stereocenters. The predicted molar refractivity (Wildman–Crippen MR) is 121 cm³/mol. The molecule has 0 N–H and O–H groups in total. The summed E-state index contributed by atoms with van der Waals surface area (Å²) in [6.45, 7) is 3.98. The van der Waals surface area contributed by atoms with Crippen LogP contribution in [0.25, 0.3) is 11.8 Å². The average Bonchev–Trinajstić information content (AvgIpc) is 3.14. The van der Waals surface area contributed by atoms with Gasteiger partial charge < -0.3 is 4.57 Å². The van der Waals surface area contributed by atoms with Crippen LogP contribution in [0.1, 0.15) is 22.5 Å². The number of halogens is 2. The minimum Gasteiger partial charge on any atom is -0.315 e. The standard InChI is InChI=1S/C23H18BrFN2O2S/c1-14-11-17(15(2)27(14)20-6-4-3-5-19(20)25)12-21-22(28)26(23(29)30-21)13-16-7-9-18(24)10-8-16/h3-12H,13H2,1-2H3/b21-12-. The number of aromatic nitrogens is 1. The summed E-state index contributed by atoms with van der Waals surface area (Å²) in [5.41, 5.74) is 3.76. The van der Waals surface area contributed by atoms with Crippen molar-refractivity contribution in [3.05, 3.63) is 92.3 Å². The summed E-state index contributed by atoms with van der Waals surface area (Å²) in [6, 6.07) is 16.0. The number of aryl methyl sites for hydroxylation is 1. The van der Waals surface area contributed by atoms with E-state index >= 15 is 0 Å². The summed E-state index contributed by atoms with van der Waals surface area (Å²) in [5.74, 6) is -0.635. The van der Waals surface area contributed by atoms with Gasteiger partial charge in [0.25, 0.3) is 11.1 Å². The van der Waals surface area contributed by atoms with Crippen molar-refractivity contribution in [3.8, 4) is 5.69 Å². The molecule has 1 fully saturated rings. The number of amides is 2. The zero-order valence-electron chi connectivity index (χ0n) is 16.4. The molecule has 0 aliphatic carbocycles. The highest BCUT2D eigenvalue weighted by atomic mass is 79.9. The highest BCUT2D eigenvalue weighted by Gasteiger charge is 2.35. The molecular weight excluding hydrogens is 467 g/mol. The van der Waals surface area contributed by atoms with Gasteiger partial charge in [-0.25, -0.2) is 4.39 Å². The average molecular weight is 485 g/mol. The Bertz CT molecular complexity index is 1180. The quantitative estimate of drug-likeness (QED) is 0.412. The van der Waals surface area contributed by atoms with E-state index in [2.05, 4.69) is 15.9 Å². The summed E-state index contributed by atoms with van der Waals surface area (Å²) in [4.78, 5) is 26.9. The van der Waals surface area contributed by atoms with Crippen molar-refractivity contribution in [2.75, 3.05) is 0 Å². The van der Waals surface area contributed by atoms with Crippen LogP contribution in [0.5, 0.6) is 0 Å². The van der Waals surface area contributed by atoms with Crippen LogP contribution in [-0.2, 0) is 11.3 Å². The minimum atomic E-state index is -0.319. The Morgan fingerprint density at radius 2 is 1.77 bits per heavy atom. The lowest BCUT2D eigenvalue weighted by Gasteiger charge is -2.12. The lowest BCUT2D eigenvalue weighted by Crippen LogP contribution is -2.27. The van der Waals surface area contributed by atoms with Crippen molar-refractivity contribution in [3.63, 3.8) is 0 Å². The smallest absolute Gasteiger partial charge is 0.293 e. The molecule has 1 aliphatic heterocycles. The Balaban J connectivity index is 1.63. The van der Waals surface area contributed by atoms with Crippen LogP contribution >= 0.6 is 27.7 Å². The van der Waals surface area contributed by atoms with Crippen molar-refractivity contribution >= 4 is 44.9 Å². The van der Waals surface area contributed by atoms with Gasteiger partial charge in [-0.3, -0.25) is 14.5 Å². The fourth-order valence-electron chi connectivity index (χ4n) is 3.49. The molecule has 2 aromatic carbocycles. The van der Waals surface area contributed by atoms with Crippen LogP contribution in [0, 0.1) is 19.7 Å². The van der Waals surface area contributed by atoms with Gasteiger partial charge in [-0.05, 0) is 73.1 Å². The maximum atomic E-state index is 14.3. The Morgan fingerprint density at radius 3 is 2.47 bits per heavy atom. The predicted octanol–water partition coefficient (Wildman–Crippen LogP) is 6.23. The second kappa shape index (κ2) is 8.24. The van der Waals surface area contributed by atoms with Gasteiger partial charge in [-0.2, -0.15) is 0 Å². The Kier molecular flexibility index (Phi) is 5.66. The lowest BCUT2D eigenvalue weighted by molar-refractivity contribution is -0.123. The van der Waals surface area contributed by atoms with Gasteiger partial charge in [-0.1, -0.05) is 40.2 Å². The van der Waals surface area contributed by atoms with Crippen molar-refractivity contribution in [2.24, 2.45) is 0 Å². The number of nitrogens with zero attached hydrogens (tertiary/aromatic N) is 2. The zero-order chi connectivity index (χ0) is 21.4. The number of imide groups is 1. The molecular formula is C23H18BrFN2O2S.